The Bertz CT molecular complexity index is 2680. The summed E-state index contributed by atoms with van der Waals surface area (Å²) in [4.78, 5) is 29.1. The second-order valence-corrected chi connectivity index (χ2v) is 21.6. The van der Waals surface area contributed by atoms with Gasteiger partial charge in [-0.1, -0.05) is 155 Å². The lowest BCUT2D eigenvalue weighted by Gasteiger charge is -2.28. The van der Waals surface area contributed by atoms with E-state index in [9.17, 15) is 20.2 Å². The van der Waals surface area contributed by atoms with Crippen LogP contribution in [0.4, 0.5) is 39.8 Å². The number of nitro groups is 2. The summed E-state index contributed by atoms with van der Waals surface area (Å²) in [6, 6.07) is 40.4. The lowest BCUT2D eigenvalue weighted by Crippen LogP contribution is -2.15. The van der Waals surface area contributed by atoms with Crippen LogP contribution in [-0.2, 0) is 17.3 Å². The Morgan fingerprint density at radius 3 is 1.29 bits per heavy atom. The molecule has 0 spiro atoms. The van der Waals surface area contributed by atoms with E-state index in [4.69, 9.17) is 0 Å². The van der Waals surface area contributed by atoms with Crippen molar-refractivity contribution < 1.29 is 9.85 Å². The molecule has 1 heterocycles. The van der Waals surface area contributed by atoms with Gasteiger partial charge in [-0.05, 0) is 136 Å². The van der Waals surface area contributed by atoms with E-state index in [0.29, 0.717) is 17.0 Å². The molecule has 6 rings (SSSR count). The molecule has 5 aromatic carbocycles. The van der Waals surface area contributed by atoms with Crippen LogP contribution < -0.4 is 9.80 Å². The van der Waals surface area contributed by atoms with Gasteiger partial charge in [0, 0.05) is 34.1 Å². The molecule has 0 saturated heterocycles. The number of allylic oxidation sites excluding steroid dienone is 4. The highest BCUT2D eigenvalue weighted by Crippen LogP contribution is 2.52. The number of rotatable bonds is 14. The van der Waals surface area contributed by atoms with Crippen LogP contribution in [0, 0.1) is 31.6 Å². The summed E-state index contributed by atoms with van der Waals surface area (Å²) in [5.41, 5.74) is 10.3. The van der Waals surface area contributed by atoms with Gasteiger partial charge in [0.1, 0.15) is 9.75 Å². The highest BCUT2D eigenvalue weighted by Gasteiger charge is 2.38. The van der Waals surface area contributed by atoms with Crippen molar-refractivity contribution in [3.05, 3.63) is 194 Å². The zero-order valence-electron chi connectivity index (χ0n) is 40.6. The van der Waals surface area contributed by atoms with Crippen molar-refractivity contribution >= 4 is 51.1 Å². The van der Waals surface area contributed by atoms with Crippen molar-refractivity contribution in [2.24, 2.45) is 11.3 Å². The molecule has 66 heavy (non-hydrogen) atoms. The Morgan fingerprint density at radius 1 is 0.591 bits per heavy atom. The molecule has 6 aromatic rings. The van der Waals surface area contributed by atoms with Crippen LogP contribution in [0.1, 0.15) is 99.8 Å². The molecule has 9 heteroatoms. The Balaban J connectivity index is 1.42. The second-order valence-electron chi connectivity index (χ2n) is 20.6. The molecule has 0 unspecified atom stereocenters. The molecule has 0 bridgehead atoms. The van der Waals surface area contributed by atoms with Gasteiger partial charge in [-0.15, -0.1) is 11.3 Å². The third kappa shape index (κ3) is 11.3. The van der Waals surface area contributed by atoms with Crippen LogP contribution in [0.25, 0.3) is 20.9 Å². The zero-order valence-corrected chi connectivity index (χ0v) is 41.4. The summed E-state index contributed by atoms with van der Waals surface area (Å²) in [5.74, 6) is 0.368. The summed E-state index contributed by atoms with van der Waals surface area (Å²) < 4.78 is 0. The van der Waals surface area contributed by atoms with Crippen LogP contribution in [-0.4, -0.2) is 9.85 Å². The molecule has 0 amide bonds. The molecule has 0 radical (unpaired) electrons. The van der Waals surface area contributed by atoms with Gasteiger partial charge in [0.25, 0.3) is 0 Å². The number of anilines is 5. The monoisotopic (exact) mass is 900 g/mol. The molecular weight excluding hydrogens is 837 g/mol. The van der Waals surface area contributed by atoms with E-state index in [0.717, 1.165) is 51.9 Å². The lowest BCUT2D eigenvalue weighted by atomic mass is 9.86. The van der Waals surface area contributed by atoms with E-state index >= 15 is 0 Å². The zero-order chi connectivity index (χ0) is 48.3. The molecule has 0 atom stereocenters. The van der Waals surface area contributed by atoms with Crippen molar-refractivity contribution in [1.29, 1.82) is 0 Å². The third-order valence-electron chi connectivity index (χ3n) is 11.8. The van der Waals surface area contributed by atoms with Gasteiger partial charge in [0.05, 0.1) is 9.85 Å². The number of benzene rings is 5. The van der Waals surface area contributed by atoms with Crippen molar-refractivity contribution in [3.63, 3.8) is 0 Å². The smallest absolute Gasteiger partial charge is 0.311 e. The third-order valence-corrected chi connectivity index (χ3v) is 13.1. The minimum atomic E-state index is -0.632. The van der Waals surface area contributed by atoms with Gasteiger partial charge in [0.2, 0.25) is 0 Å². The predicted molar refractivity (Wildman–Crippen MR) is 279 cm³/mol. The van der Waals surface area contributed by atoms with Gasteiger partial charge >= 0.3 is 11.4 Å². The Hall–Kier alpha value is -6.58. The first kappa shape index (κ1) is 48.9. The van der Waals surface area contributed by atoms with Gasteiger partial charge < -0.3 is 9.80 Å². The van der Waals surface area contributed by atoms with Gasteiger partial charge in [-0.2, -0.15) is 0 Å². The standard InChI is InChI=1S/C57H64N4O4S/c1-14-45(26-15-39(4)38(2)3)58(46-27-16-40(17-28-46)37-55(5,6)7)47-29-18-41(19-30-47)53-51(60(62)63)52(61(64)65)54(66-53)42-20-31-48(32-21-42)59(49-33-22-43(23-34-49)56(8,9)10)50-35-24-44(25-36-50)57(11,12)13/h14-36,38H,1,37H2,2-13H3/b39-15+,45-26+. The first-order valence-corrected chi connectivity index (χ1v) is 23.4. The minimum absolute atomic E-state index is 0.0201. The van der Waals surface area contributed by atoms with Gasteiger partial charge in [0.15, 0.2) is 0 Å². The largest absolute Gasteiger partial charge is 0.365 e. The molecular formula is C57H64N4O4S. The van der Waals surface area contributed by atoms with Gasteiger partial charge in [-0.3, -0.25) is 20.2 Å². The molecule has 342 valence electrons. The van der Waals surface area contributed by atoms with E-state index < -0.39 is 21.2 Å². The first-order valence-electron chi connectivity index (χ1n) is 22.5. The summed E-state index contributed by atoms with van der Waals surface area (Å²) >= 11 is 1.06. The number of hydrogen-bond acceptors (Lipinski definition) is 7. The predicted octanol–water partition coefficient (Wildman–Crippen LogP) is 17.4. The first-order chi connectivity index (χ1) is 31.0. The normalized spacial score (nSPS) is 12.6. The molecule has 0 fully saturated rings. The number of thiophene rings is 1. The fourth-order valence-corrected chi connectivity index (χ4v) is 9.05. The molecule has 0 aliphatic carbocycles. The number of nitrogens with zero attached hydrogens (tertiary/aromatic N) is 4. The summed E-state index contributed by atoms with van der Waals surface area (Å²) in [6.45, 7) is 30.4. The SMILES string of the molecule is C=C/C(=C\C=C(/C)C(C)C)N(c1ccc(CC(C)(C)C)cc1)c1ccc(-c2sc(-c3ccc(N(c4ccc(C(C)(C)C)cc4)c4ccc(C(C)(C)C)cc4)cc3)c([N+](=O)[O-])c2[N+](=O)[O-])cc1. The Labute approximate surface area is 396 Å². The average Bonchev–Trinajstić information content (AvgIpc) is 3.67. The fourth-order valence-electron chi connectivity index (χ4n) is 7.80. The fraction of sp³-hybridized carbons (Fsp3) is 0.298. The maximum Gasteiger partial charge on any atom is 0.365 e. The molecule has 0 N–H and O–H groups in total. The maximum absolute atomic E-state index is 12.8. The Morgan fingerprint density at radius 2 is 0.955 bits per heavy atom. The van der Waals surface area contributed by atoms with Gasteiger partial charge in [-0.25, -0.2) is 0 Å². The quantitative estimate of drug-likeness (QED) is 0.0614. The van der Waals surface area contributed by atoms with Crippen LogP contribution in [0.3, 0.4) is 0 Å². The van der Waals surface area contributed by atoms with E-state index in [2.05, 4.69) is 184 Å². The molecule has 0 aliphatic heterocycles. The van der Waals surface area contributed by atoms with Crippen molar-refractivity contribution in [2.45, 2.75) is 100 Å². The van der Waals surface area contributed by atoms with Crippen LogP contribution in [0.2, 0.25) is 0 Å². The molecule has 0 saturated carbocycles. The van der Waals surface area contributed by atoms with Crippen LogP contribution in [0.5, 0.6) is 0 Å². The summed E-state index contributed by atoms with van der Waals surface area (Å²) in [6.07, 6.45) is 6.90. The highest BCUT2D eigenvalue weighted by atomic mass is 32.1. The van der Waals surface area contributed by atoms with Crippen LogP contribution in [0.15, 0.2) is 157 Å². The van der Waals surface area contributed by atoms with Crippen molar-refractivity contribution in [2.75, 3.05) is 9.80 Å². The van der Waals surface area contributed by atoms with E-state index in [1.807, 2.05) is 42.5 Å². The van der Waals surface area contributed by atoms with E-state index in [1.165, 1.54) is 22.3 Å². The van der Waals surface area contributed by atoms with Crippen LogP contribution >= 0.6 is 11.3 Å². The summed E-state index contributed by atoms with van der Waals surface area (Å²) in [5, 5.41) is 25.7. The molecule has 0 aliphatic rings. The second kappa shape index (κ2) is 19.5. The van der Waals surface area contributed by atoms with Crippen molar-refractivity contribution in [3.8, 4) is 20.9 Å². The maximum atomic E-state index is 12.8. The van der Waals surface area contributed by atoms with Crippen molar-refractivity contribution in [1.82, 2.24) is 0 Å². The minimum Gasteiger partial charge on any atom is -0.311 e. The number of hydrogen-bond donors (Lipinski definition) is 0. The van der Waals surface area contributed by atoms with E-state index in [1.54, 1.807) is 12.1 Å². The average molecular weight is 901 g/mol. The topological polar surface area (TPSA) is 92.8 Å². The Kier molecular flexibility index (Phi) is 14.4. The lowest BCUT2D eigenvalue weighted by molar-refractivity contribution is -0.420. The highest BCUT2D eigenvalue weighted by molar-refractivity contribution is 7.20. The summed E-state index contributed by atoms with van der Waals surface area (Å²) in [7, 11) is 0. The molecule has 8 nitrogen and oxygen atoms in total. The molecule has 1 aromatic heterocycles. The van der Waals surface area contributed by atoms with E-state index in [-0.39, 0.29) is 26.0 Å².